The van der Waals surface area contributed by atoms with Crippen LogP contribution in [0.3, 0.4) is 0 Å². The van der Waals surface area contributed by atoms with Crippen LogP contribution in [0.1, 0.15) is 0 Å². The number of sulfonamides is 1. The quantitative estimate of drug-likeness (QED) is 0.800. The van der Waals surface area contributed by atoms with Crippen molar-refractivity contribution in [3.8, 4) is 0 Å². The molecule has 0 radical (unpaired) electrons. The lowest BCUT2D eigenvalue weighted by Crippen LogP contribution is -2.41. The molecular weight excluding hydrogens is 316 g/mol. The molecule has 0 atom stereocenters. The lowest BCUT2D eigenvalue weighted by molar-refractivity contribution is -0.122. The molecule has 0 aliphatic carbocycles. The Labute approximate surface area is 109 Å². The van der Waals surface area contributed by atoms with Gasteiger partial charge in [-0.25, -0.2) is 21.9 Å². The van der Waals surface area contributed by atoms with Gasteiger partial charge in [0.2, 0.25) is 10.0 Å². The summed E-state index contributed by atoms with van der Waals surface area (Å²) < 4.78 is 73.2. The Bertz CT molecular complexity index is 617. The predicted molar refractivity (Wildman–Crippen MR) is 58.2 cm³/mol. The smallest absolute Gasteiger partial charge is 0.320 e. The van der Waals surface area contributed by atoms with Gasteiger partial charge in [-0.05, 0) is 6.07 Å². The monoisotopic (exact) mass is 322 g/mol. The van der Waals surface area contributed by atoms with E-state index in [1.807, 2.05) is 4.98 Å². The molecule has 0 aliphatic rings. The largest absolute Gasteiger partial charge is 0.326 e. The van der Waals surface area contributed by atoms with Crippen molar-refractivity contribution in [1.82, 2.24) is 9.71 Å². The molecule has 0 aliphatic heterocycles. The second-order valence-corrected chi connectivity index (χ2v) is 5.57. The summed E-state index contributed by atoms with van der Waals surface area (Å²) in [5.41, 5.74) is -0.779. The molecule has 5 nitrogen and oxygen atoms in total. The van der Waals surface area contributed by atoms with Gasteiger partial charge in [0.25, 0.3) is 5.56 Å². The molecule has 0 saturated carbocycles. The van der Waals surface area contributed by atoms with E-state index in [1.54, 1.807) is 0 Å². The molecule has 0 spiro atoms. The fourth-order valence-corrected chi connectivity index (χ4v) is 2.22. The van der Waals surface area contributed by atoms with E-state index < -0.39 is 44.4 Å². The normalized spacial score (nSPS) is 12.9. The van der Waals surface area contributed by atoms with Crippen LogP contribution in [-0.4, -0.2) is 32.3 Å². The summed E-state index contributed by atoms with van der Waals surface area (Å²) in [7, 11) is -4.48. The number of pyridine rings is 1. The molecule has 0 unspecified atom stereocenters. The first-order valence-electron chi connectivity index (χ1n) is 4.60. The average molecular weight is 323 g/mol. The van der Waals surface area contributed by atoms with Crippen molar-refractivity contribution >= 4 is 21.6 Å². The van der Waals surface area contributed by atoms with Crippen molar-refractivity contribution in [2.75, 3.05) is 6.54 Å². The van der Waals surface area contributed by atoms with Crippen molar-refractivity contribution in [3.63, 3.8) is 0 Å². The number of aromatic amines is 1. The van der Waals surface area contributed by atoms with E-state index in [4.69, 9.17) is 11.6 Å². The lowest BCUT2D eigenvalue weighted by atomic mass is 10.4. The average Bonchev–Trinajstić information content (AvgIpc) is 2.30. The number of H-pyrrole nitrogens is 1. The molecule has 1 aromatic rings. The van der Waals surface area contributed by atoms with Gasteiger partial charge in [-0.2, -0.15) is 8.78 Å². The fourth-order valence-electron chi connectivity index (χ4n) is 0.945. The number of nitrogens with one attached hydrogen (secondary N) is 2. The molecule has 19 heavy (non-hydrogen) atoms. The molecule has 2 N–H and O–H groups in total. The van der Waals surface area contributed by atoms with Crippen molar-refractivity contribution in [2.45, 2.75) is 17.2 Å². The van der Waals surface area contributed by atoms with Gasteiger partial charge >= 0.3 is 12.3 Å². The van der Waals surface area contributed by atoms with Crippen LogP contribution in [0.25, 0.3) is 0 Å². The van der Waals surface area contributed by atoms with E-state index in [0.29, 0.717) is 12.3 Å². The number of aromatic nitrogens is 1. The van der Waals surface area contributed by atoms with E-state index >= 15 is 0 Å². The lowest BCUT2D eigenvalue weighted by Gasteiger charge is -2.15. The summed E-state index contributed by atoms with van der Waals surface area (Å²) in [4.78, 5) is 12.2. The molecule has 108 valence electrons. The minimum atomic E-state index is -4.50. The maximum atomic E-state index is 12.6. The molecule has 0 aromatic carbocycles. The number of alkyl halides is 4. The van der Waals surface area contributed by atoms with Crippen molar-refractivity contribution in [1.29, 1.82) is 0 Å². The Kier molecular flexibility index (Phi) is 4.59. The Hall–Kier alpha value is -1.13. The van der Waals surface area contributed by atoms with Crippen LogP contribution in [-0.2, 0) is 10.0 Å². The molecule has 0 fully saturated rings. The second-order valence-electron chi connectivity index (χ2n) is 3.40. The van der Waals surface area contributed by atoms with E-state index in [2.05, 4.69) is 0 Å². The topological polar surface area (TPSA) is 79.0 Å². The SMILES string of the molecule is O=c1[nH]cc(S(=O)(=O)NCC(F)(F)C(F)F)cc1Cl. The van der Waals surface area contributed by atoms with Gasteiger partial charge in [0.05, 0.1) is 11.4 Å². The maximum Gasteiger partial charge on any atom is 0.320 e. The van der Waals surface area contributed by atoms with Gasteiger partial charge in [0.1, 0.15) is 5.02 Å². The first-order chi connectivity index (χ1) is 8.56. The van der Waals surface area contributed by atoms with Gasteiger partial charge in [-0.15, -0.1) is 0 Å². The Morgan fingerprint density at radius 2 is 2.00 bits per heavy atom. The Morgan fingerprint density at radius 1 is 1.42 bits per heavy atom. The number of rotatable bonds is 5. The molecule has 1 rings (SSSR count). The Balaban J connectivity index is 2.93. The van der Waals surface area contributed by atoms with Gasteiger partial charge in [0, 0.05) is 6.20 Å². The number of halogens is 5. The molecular formula is C8H7ClF4N2O3S. The van der Waals surface area contributed by atoms with Crippen LogP contribution in [0.5, 0.6) is 0 Å². The zero-order chi connectivity index (χ0) is 14.8. The van der Waals surface area contributed by atoms with Crippen molar-refractivity contribution in [2.24, 2.45) is 0 Å². The molecule has 1 heterocycles. The number of hydrogen-bond donors (Lipinski definition) is 2. The van der Waals surface area contributed by atoms with Gasteiger partial charge in [-0.1, -0.05) is 11.6 Å². The van der Waals surface area contributed by atoms with E-state index in [9.17, 15) is 30.8 Å². The van der Waals surface area contributed by atoms with Gasteiger partial charge in [-0.3, -0.25) is 4.79 Å². The van der Waals surface area contributed by atoms with E-state index in [0.717, 1.165) is 0 Å². The van der Waals surface area contributed by atoms with Crippen LogP contribution >= 0.6 is 11.6 Å². The van der Waals surface area contributed by atoms with Crippen LogP contribution in [0.15, 0.2) is 22.0 Å². The van der Waals surface area contributed by atoms with Crippen molar-refractivity contribution in [3.05, 3.63) is 27.6 Å². The molecule has 0 bridgehead atoms. The van der Waals surface area contributed by atoms with Gasteiger partial charge in [0.15, 0.2) is 0 Å². The summed E-state index contributed by atoms with van der Waals surface area (Å²) in [6.45, 7) is -1.77. The molecule has 11 heteroatoms. The highest BCUT2D eigenvalue weighted by Gasteiger charge is 2.41. The third kappa shape index (κ3) is 3.91. The second kappa shape index (κ2) is 5.47. The highest BCUT2D eigenvalue weighted by Crippen LogP contribution is 2.22. The zero-order valence-corrected chi connectivity index (χ0v) is 10.5. The third-order valence-electron chi connectivity index (χ3n) is 1.96. The highest BCUT2D eigenvalue weighted by atomic mass is 35.5. The van der Waals surface area contributed by atoms with Crippen LogP contribution in [0.2, 0.25) is 5.02 Å². The minimum absolute atomic E-state index is 0.483. The molecule has 1 aromatic heterocycles. The zero-order valence-electron chi connectivity index (χ0n) is 8.96. The van der Waals surface area contributed by atoms with Crippen LogP contribution < -0.4 is 10.3 Å². The summed E-state index contributed by atoms with van der Waals surface area (Å²) in [6, 6.07) is 0.712. The standard InChI is InChI=1S/C8H7ClF4N2O3S/c9-5-1-4(2-14-6(5)16)19(17,18)15-3-8(12,13)7(10)11/h1-2,7,15H,3H2,(H,14,16). The third-order valence-corrected chi connectivity index (χ3v) is 3.62. The Morgan fingerprint density at radius 3 is 2.47 bits per heavy atom. The first kappa shape index (κ1) is 15.9. The van der Waals surface area contributed by atoms with Crippen LogP contribution in [0.4, 0.5) is 17.6 Å². The molecule has 0 amide bonds. The summed E-state index contributed by atoms with van der Waals surface area (Å²) in [5.74, 6) is -4.50. The van der Waals surface area contributed by atoms with E-state index in [-0.39, 0.29) is 0 Å². The van der Waals surface area contributed by atoms with Gasteiger partial charge < -0.3 is 4.98 Å². The van der Waals surface area contributed by atoms with Crippen molar-refractivity contribution < 1.29 is 26.0 Å². The van der Waals surface area contributed by atoms with Crippen LogP contribution in [0, 0.1) is 0 Å². The maximum absolute atomic E-state index is 12.6. The van der Waals surface area contributed by atoms with E-state index in [1.165, 1.54) is 4.72 Å². The number of hydrogen-bond acceptors (Lipinski definition) is 3. The predicted octanol–water partition coefficient (Wildman–Crippen LogP) is 1.21. The first-order valence-corrected chi connectivity index (χ1v) is 6.46. The minimum Gasteiger partial charge on any atom is -0.326 e. The summed E-state index contributed by atoms with van der Waals surface area (Å²) >= 11 is 5.36. The summed E-state index contributed by atoms with van der Waals surface area (Å²) in [5, 5.41) is -0.483. The summed E-state index contributed by atoms with van der Waals surface area (Å²) in [6.07, 6.45) is -3.30. The fraction of sp³-hybridized carbons (Fsp3) is 0.375. The highest BCUT2D eigenvalue weighted by molar-refractivity contribution is 7.89. The molecule has 0 saturated heterocycles.